The Morgan fingerprint density at radius 1 is 1.37 bits per heavy atom. The Balaban J connectivity index is 1.75. The third-order valence-corrected chi connectivity index (χ3v) is 3.71. The number of carbonyl (C=O) groups is 1. The van der Waals surface area contributed by atoms with Crippen LogP contribution in [0.3, 0.4) is 0 Å². The van der Waals surface area contributed by atoms with Crippen LogP contribution in [0.25, 0.3) is 0 Å². The molecule has 1 aliphatic heterocycles. The standard InChI is InChI=1S/C15H27NO3/c1-14(2,3)19-13(17)16-8-7-15(4,10-16)11-18-9-12-5-6-12/h12H,5-11H2,1-4H3/t15-/m0/s1. The number of amides is 1. The quantitative estimate of drug-likeness (QED) is 0.787. The lowest BCUT2D eigenvalue weighted by atomic mass is 9.91. The first-order valence-corrected chi connectivity index (χ1v) is 7.33. The second-order valence-electron chi connectivity index (χ2n) is 7.42. The summed E-state index contributed by atoms with van der Waals surface area (Å²) in [5.74, 6) is 0.798. The van der Waals surface area contributed by atoms with Gasteiger partial charge in [-0.2, -0.15) is 0 Å². The molecule has 0 bridgehead atoms. The molecular weight excluding hydrogens is 242 g/mol. The molecule has 1 aliphatic carbocycles. The SMILES string of the molecule is CC(C)(C)OC(=O)N1CC[C@](C)(COCC2CC2)C1. The van der Waals surface area contributed by atoms with E-state index in [9.17, 15) is 4.79 Å². The van der Waals surface area contributed by atoms with E-state index in [2.05, 4.69) is 6.92 Å². The molecule has 110 valence electrons. The van der Waals surface area contributed by atoms with Crippen molar-refractivity contribution in [3.05, 3.63) is 0 Å². The highest BCUT2D eigenvalue weighted by Gasteiger charge is 2.38. The van der Waals surface area contributed by atoms with Crippen LogP contribution in [-0.2, 0) is 9.47 Å². The Hall–Kier alpha value is -0.770. The number of rotatable bonds is 4. The Labute approximate surface area is 116 Å². The van der Waals surface area contributed by atoms with Gasteiger partial charge in [0, 0.05) is 25.1 Å². The summed E-state index contributed by atoms with van der Waals surface area (Å²) < 4.78 is 11.2. The van der Waals surface area contributed by atoms with E-state index < -0.39 is 5.60 Å². The molecule has 1 saturated carbocycles. The van der Waals surface area contributed by atoms with Crippen molar-refractivity contribution in [2.45, 2.75) is 52.6 Å². The zero-order valence-corrected chi connectivity index (χ0v) is 12.7. The largest absolute Gasteiger partial charge is 0.444 e. The smallest absolute Gasteiger partial charge is 0.410 e. The fourth-order valence-electron chi connectivity index (χ4n) is 2.38. The van der Waals surface area contributed by atoms with Gasteiger partial charge in [0.05, 0.1) is 6.61 Å². The Morgan fingerprint density at radius 2 is 2.05 bits per heavy atom. The van der Waals surface area contributed by atoms with Gasteiger partial charge in [-0.25, -0.2) is 4.79 Å². The Kier molecular flexibility index (Phi) is 4.09. The second kappa shape index (κ2) is 5.31. The second-order valence-corrected chi connectivity index (χ2v) is 7.42. The minimum absolute atomic E-state index is 0.0891. The van der Waals surface area contributed by atoms with Gasteiger partial charge < -0.3 is 14.4 Å². The maximum Gasteiger partial charge on any atom is 0.410 e. The third-order valence-electron chi connectivity index (χ3n) is 3.71. The zero-order chi connectivity index (χ0) is 14.1. The lowest BCUT2D eigenvalue weighted by molar-refractivity contribution is 0.0211. The van der Waals surface area contributed by atoms with E-state index in [4.69, 9.17) is 9.47 Å². The molecule has 0 aromatic carbocycles. The molecule has 1 amide bonds. The summed E-state index contributed by atoms with van der Waals surface area (Å²) >= 11 is 0. The van der Waals surface area contributed by atoms with Gasteiger partial charge in [-0.15, -0.1) is 0 Å². The van der Waals surface area contributed by atoms with E-state index in [0.717, 1.165) is 38.6 Å². The number of hydrogen-bond donors (Lipinski definition) is 0. The van der Waals surface area contributed by atoms with E-state index in [1.165, 1.54) is 12.8 Å². The van der Waals surface area contributed by atoms with E-state index in [1.807, 2.05) is 25.7 Å². The molecule has 2 fully saturated rings. The Morgan fingerprint density at radius 3 is 2.63 bits per heavy atom. The van der Waals surface area contributed by atoms with Gasteiger partial charge in [0.25, 0.3) is 0 Å². The number of hydrogen-bond acceptors (Lipinski definition) is 3. The normalized spacial score (nSPS) is 27.7. The molecule has 1 atom stereocenters. The summed E-state index contributed by atoms with van der Waals surface area (Å²) in [6, 6.07) is 0. The number of nitrogens with zero attached hydrogens (tertiary/aromatic N) is 1. The first-order chi connectivity index (χ1) is 8.77. The fourth-order valence-corrected chi connectivity index (χ4v) is 2.38. The number of carbonyl (C=O) groups excluding carboxylic acids is 1. The molecular formula is C15H27NO3. The molecule has 0 N–H and O–H groups in total. The lowest BCUT2D eigenvalue weighted by Crippen LogP contribution is -2.37. The summed E-state index contributed by atoms with van der Waals surface area (Å²) in [5, 5.41) is 0. The van der Waals surface area contributed by atoms with Gasteiger partial charge in [-0.3, -0.25) is 0 Å². The van der Waals surface area contributed by atoms with Crippen LogP contribution in [0.2, 0.25) is 0 Å². The topological polar surface area (TPSA) is 38.8 Å². The van der Waals surface area contributed by atoms with Crippen molar-refractivity contribution in [2.75, 3.05) is 26.3 Å². The van der Waals surface area contributed by atoms with Crippen LogP contribution in [0.1, 0.15) is 47.0 Å². The van der Waals surface area contributed by atoms with Crippen LogP contribution in [0.15, 0.2) is 0 Å². The van der Waals surface area contributed by atoms with Crippen molar-refractivity contribution in [3.8, 4) is 0 Å². The van der Waals surface area contributed by atoms with Crippen LogP contribution in [-0.4, -0.2) is 42.9 Å². The van der Waals surface area contributed by atoms with Crippen LogP contribution >= 0.6 is 0 Å². The van der Waals surface area contributed by atoms with Crippen molar-refractivity contribution in [3.63, 3.8) is 0 Å². The minimum atomic E-state index is -0.418. The average Bonchev–Trinajstić information content (AvgIpc) is 2.98. The van der Waals surface area contributed by atoms with Crippen LogP contribution in [0, 0.1) is 11.3 Å². The van der Waals surface area contributed by atoms with Crippen molar-refractivity contribution in [1.29, 1.82) is 0 Å². The maximum absolute atomic E-state index is 12.0. The molecule has 1 heterocycles. The van der Waals surface area contributed by atoms with Gasteiger partial charge in [0.2, 0.25) is 0 Å². The first-order valence-electron chi connectivity index (χ1n) is 7.33. The van der Waals surface area contributed by atoms with Crippen molar-refractivity contribution >= 4 is 6.09 Å². The van der Waals surface area contributed by atoms with Crippen molar-refractivity contribution < 1.29 is 14.3 Å². The van der Waals surface area contributed by atoms with Gasteiger partial charge in [0.15, 0.2) is 0 Å². The highest BCUT2D eigenvalue weighted by Crippen LogP contribution is 2.33. The highest BCUT2D eigenvalue weighted by atomic mass is 16.6. The first kappa shape index (κ1) is 14.6. The molecule has 1 saturated heterocycles. The monoisotopic (exact) mass is 269 g/mol. The van der Waals surface area contributed by atoms with E-state index >= 15 is 0 Å². The third kappa shape index (κ3) is 4.68. The predicted molar refractivity (Wildman–Crippen MR) is 74.1 cm³/mol. The molecule has 0 aromatic heterocycles. The van der Waals surface area contributed by atoms with Gasteiger partial charge in [0.1, 0.15) is 5.60 Å². The van der Waals surface area contributed by atoms with Gasteiger partial charge in [-0.05, 0) is 46.0 Å². The molecule has 2 rings (SSSR count). The molecule has 19 heavy (non-hydrogen) atoms. The molecule has 4 heteroatoms. The molecule has 4 nitrogen and oxygen atoms in total. The fraction of sp³-hybridized carbons (Fsp3) is 0.933. The summed E-state index contributed by atoms with van der Waals surface area (Å²) in [7, 11) is 0. The zero-order valence-electron chi connectivity index (χ0n) is 12.7. The van der Waals surface area contributed by atoms with Crippen LogP contribution in [0.5, 0.6) is 0 Å². The molecule has 0 aromatic rings. The maximum atomic E-state index is 12.0. The van der Waals surface area contributed by atoms with E-state index in [0.29, 0.717) is 0 Å². The molecule has 2 aliphatic rings. The lowest BCUT2D eigenvalue weighted by Gasteiger charge is -2.27. The summed E-state index contributed by atoms with van der Waals surface area (Å²) in [4.78, 5) is 13.8. The van der Waals surface area contributed by atoms with Gasteiger partial charge >= 0.3 is 6.09 Å². The molecule has 0 radical (unpaired) electrons. The highest BCUT2D eigenvalue weighted by molar-refractivity contribution is 5.68. The Bertz CT molecular complexity index is 333. The van der Waals surface area contributed by atoms with Crippen LogP contribution < -0.4 is 0 Å². The van der Waals surface area contributed by atoms with Gasteiger partial charge in [-0.1, -0.05) is 6.92 Å². The summed E-state index contributed by atoms with van der Waals surface area (Å²) in [5.41, 5.74) is -0.329. The number of likely N-dealkylation sites (tertiary alicyclic amines) is 1. The van der Waals surface area contributed by atoms with Crippen LogP contribution in [0.4, 0.5) is 4.79 Å². The predicted octanol–water partition coefficient (Wildman–Crippen LogP) is 3.06. The molecule has 0 spiro atoms. The average molecular weight is 269 g/mol. The van der Waals surface area contributed by atoms with E-state index in [-0.39, 0.29) is 11.5 Å². The minimum Gasteiger partial charge on any atom is -0.444 e. The summed E-state index contributed by atoms with van der Waals surface area (Å²) in [6.07, 6.45) is 3.44. The molecule has 0 unspecified atom stereocenters. The number of ether oxygens (including phenoxy) is 2. The van der Waals surface area contributed by atoms with Crippen molar-refractivity contribution in [1.82, 2.24) is 4.90 Å². The van der Waals surface area contributed by atoms with Crippen molar-refractivity contribution in [2.24, 2.45) is 11.3 Å². The summed E-state index contributed by atoms with van der Waals surface area (Å²) in [6.45, 7) is 11.1. The van der Waals surface area contributed by atoms with E-state index in [1.54, 1.807) is 0 Å².